The highest BCUT2D eigenvalue weighted by atomic mass is 35.5. The minimum atomic E-state index is -3.56. The lowest BCUT2D eigenvalue weighted by Gasteiger charge is -2.33. The van der Waals surface area contributed by atoms with Gasteiger partial charge in [-0.1, -0.05) is 0 Å². The molecule has 1 aromatic carbocycles. The largest absolute Gasteiger partial charge is 0.314 e. The van der Waals surface area contributed by atoms with Crippen molar-refractivity contribution in [2.75, 3.05) is 19.6 Å². The third-order valence-electron chi connectivity index (χ3n) is 3.43. The van der Waals surface area contributed by atoms with E-state index >= 15 is 0 Å². The van der Waals surface area contributed by atoms with Gasteiger partial charge in [0.2, 0.25) is 10.0 Å². The molecule has 1 fully saturated rings. The molecule has 0 amide bonds. The number of sulfonamides is 1. The number of hydrogen-bond donors (Lipinski definition) is 1. The van der Waals surface area contributed by atoms with E-state index < -0.39 is 15.8 Å². The average molecular weight is 323 g/mol. The first-order valence-corrected chi connectivity index (χ1v) is 7.77. The molecule has 114 valence electrons. The maximum atomic E-state index is 13.3. The number of rotatable bonds is 2. The van der Waals surface area contributed by atoms with Crippen molar-refractivity contribution >= 4 is 22.4 Å². The summed E-state index contributed by atoms with van der Waals surface area (Å²) in [5.74, 6) is -0.401. The SMILES string of the molecule is Cc1cc(F)cc(C)c1S(=O)(=O)N1CCNC[C@H]1C.Cl. The topological polar surface area (TPSA) is 49.4 Å². The smallest absolute Gasteiger partial charge is 0.243 e. The van der Waals surface area contributed by atoms with Gasteiger partial charge in [0.05, 0.1) is 4.90 Å². The molecule has 7 heteroatoms. The molecule has 1 atom stereocenters. The van der Waals surface area contributed by atoms with E-state index in [1.807, 2.05) is 6.92 Å². The first kappa shape index (κ1) is 17.4. The van der Waals surface area contributed by atoms with Crippen LogP contribution >= 0.6 is 12.4 Å². The number of nitrogens with one attached hydrogen (secondary N) is 1. The lowest BCUT2D eigenvalue weighted by Crippen LogP contribution is -2.52. The molecule has 0 aliphatic carbocycles. The zero-order chi connectivity index (χ0) is 14.2. The molecule has 0 saturated carbocycles. The average Bonchev–Trinajstić information content (AvgIpc) is 2.27. The summed E-state index contributed by atoms with van der Waals surface area (Å²) in [7, 11) is -3.56. The summed E-state index contributed by atoms with van der Waals surface area (Å²) in [5.41, 5.74) is 0.923. The minimum absolute atomic E-state index is 0. The van der Waals surface area contributed by atoms with Gasteiger partial charge in [-0.15, -0.1) is 12.4 Å². The maximum absolute atomic E-state index is 13.3. The minimum Gasteiger partial charge on any atom is -0.314 e. The van der Waals surface area contributed by atoms with Gasteiger partial charge in [-0.2, -0.15) is 4.31 Å². The number of halogens is 2. The third kappa shape index (κ3) is 3.14. The summed E-state index contributed by atoms with van der Waals surface area (Å²) >= 11 is 0. The molecule has 4 nitrogen and oxygen atoms in total. The lowest BCUT2D eigenvalue weighted by molar-refractivity contribution is 0.283. The molecule has 1 saturated heterocycles. The predicted molar refractivity (Wildman–Crippen MR) is 79.3 cm³/mol. The molecule has 1 aliphatic heterocycles. The van der Waals surface area contributed by atoms with Crippen LogP contribution in [0, 0.1) is 19.7 Å². The van der Waals surface area contributed by atoms with Gasteiger partial charge < -0.3 is 5.32 Å². The fourth-order valence-electron chi connectivity index (χ4n) is 2.60. The van der Waals surface area contributed by atoms with Crippen LogP contribution in [-0.4, -0.2) is 38.4 Å². The molecule has 0 unspecified atom stereocenters. The van der Waals surface area contributed by atoms with E-state index in [0.29, 0.717) is 30.8 Å². The Morgan fingerprint density at radius 1 is 1.30 bits per heavy atom. The van der Waals surface area contributed by atoms with Crippen LogP contribution in [0.4, 0.5) is 4.39 Å². The van der Waals surface area contributed by atoms with Crippen molar-refractivity contribution in [2.24, 2.45) is 0 Å². The second-order valence-electron chi connectivity index (χ2n) is 5.04. The highest BCUT2D eigenvalue weighted by Gasteiger charge is 2.33. The molecular formula is C13H20ClFN2O2S. The summed E-state index contributed by atoms with van der Waals surface area (Å²) < 4.78 is 40.2. The van der Waals surface area contributed by atoms with Crippen molar-refractivity contribution in [3.8, 4) is 0 Å². The van der Waals surface area contributed by atoms with Crippen LogP contribution in [0.5, 0.6) is 0 Å². The Hall–Kier alpha value is -0.690. The molecule has 2 rings (SSSR count). The molecule has 0 bridgehead atoms. The Morgan fingerprint density at radius 3 is 2.35 bits per heavy atom. The lowest BCUT2D eigenvalue weighted by atomic mass is 10.1. The van der Waals surface area contributed by atoms with E-state index in [1.54, 1.807) is 13.8 Å². The Bertz CT molecular complexity index is 569. The zero-order valence-electron chi connectivity index (χ0n) is 11.8. The highest BCUT2D eigenvalue weighted by Crippen LogP contribution is 2.26. The van der Waals surface area contributed by atoms with E-state index in [-0.39, 0.29) is 23.3 Å². The van der Waals surface area contributed by atoms with Crippen LogP contribution in [0.2, 0.25) is 0 Å². The van der Waals surface area contributed by atoms with Crippen molar-refractivity contribution in [1.82, 2.24) is 9.62 Å². The van der Waals surface area contributed by atoms with Crippen LogP contribution in [0.3, 0.4) is 0 Å². The first-order chi connectivity index (χ1) is 8.84. The Labute approximate surface area is 125 Å². The monoisotopic (exact) mass is 322 g/mol. The molecule has 1 aromatic rings. The Balaban J connectivity index is 0.00000200. The fourth-order valence-corrected chi connectivity index (χ4v) is 4.65. The van der Waals surface area contributed by atoms with Crippen LogP contribution in [0.25, 0.3) is 0 Å². The second kappa shape index (κ2) is 6.39. The van der Waals surface area contributed by atoms with Gasteiger partial charge in [-0.3, -0.25) is 0 Å². The Morgan fingerprint density at radius 2 is 1.85 bits per heavy atom. The molecule has 0 radical (unpaired) electrons. The van der Waals surface area contributed by atoms with Crippen molar-refractivity contribution in [3.63, 3.8) is 0 Å². The summed E-state index contributed by atoms with van der Waals surface area (Å²) in [6, 6.07) is 2.45. The van der Waals surface area contributed by atoms with Gasteiger partial charge in [-0.05, 0) is 44.0 Å². The van der Waals surface area contributed by atoms with Crippen LogP contribution < -0.4 is 5.32 Å². The number of hydrogen-bond acceptors (Lipinski definition) is 3. The van der Waals surface area contributed by atoms with Crippen molar-refractivity contribution in [3.05, 3.63) is 29.1 Å². The van der Waals surface area contributed by atoms with Crippen molar-refractivity contribution in [2.45, 2.75) is 31.7 Å². The van der Waals surface area contributed by atoms with Gasteiger partial charge in [0.25, 0.3) is 0 Å². The van der Waals surface area contributed by atoms with Crippen LogP contribution in [0.1, 0.15) is 18.1 Å². The predicted octanol–water partition coefficient (Wildman–Crippen LogP) is 1.85. The van der Waals surface area contributed by atoms with E-state index in [4.69, 9.17) is 0 Å². The van der Waals surface area contributed by atoms with Gasteiger partial charge in [0, 0.05) is 25.7 Å². The maximum Gasteiger partial charge on any atom is 0.243 e. The van der Waals surface area contributed by atoms with Crippen LogP contribution in [-0.2, 0) is 10.0 Å². The van der Waals surface area contributed by atoms with E-state index in [1.165, 1.54) is 16.4 Å². The highest BCUT2D eigenvalue weighted by molar-refractivity contribution is 7.89. The van der Waals surface area contributed by atoms with Crippen molar-refractivity contribution < 1.29 is 12.8 Å². The van der Waals surface area contributed by atoms with Gasteiger partial charge >= 0.3 is 0 Å². The number of benzene rings is 1. The van der Waals surface area contributed by atoms with E-state index in [9.17, 15) is 12.8 Å². The molecule has 1 N–H and O–H groups in total. The normalized spacial score (nSPS) is 20.5. The number of aryl methyl sites for hydroxylation is 2. The second-order valence-corrected chi connectivity index (χ2v) is 6.87. The number of nitrogens with zero attached hydrogens (tertiary/aromatic N) is 1. The molecule has 20 heavy (non-hydrogen) atoms. The molecule has 1 aliphatic rings. The summed E-state index contributed by atoms with van der Waals surface area (Å²) in [6.45, 7) is 6.87. The Kier molecular flexibility index (Phi) is 5.54. The van der Waals surface area contributed by atoms with Gasteiger partial charge in [0.1, 0.15) is 5.82 Å². The quantitative estimate of drug-likeness (QED) is 0.904. The molecule has 1 heterocycles. The molecule has 0 spiro atoms. The summed E-state index contributed by atoms with van der Waals surface area (Å²) in [4.78, 5) is 0.239. The number of piperazine rings is 1. The fraction of sp³-hybridized carbons (Fsp3) is 0.538. The van der Waals surface area contributed by atoms with Gasteiger partial charge in [0.15, 0.2) is 0 Å². The molecule has 0 aromatic heterocycles. The molecular weight excluding hydrogens is 303 g/mol. The third-order valence-corrected chi connectivity index (χ3v) is 5.75. The standard InChI is InChI=1S/C13H19FN2O2S.ClH/c1-9-6-12(14)7-10(2)13(9)19(17,18)16-5-4-15-8-11(16)3;/h6-7,11,15H,4-5,8H2,1-3H3;1H/t11-;/m1./s1. The first-order valence-electron chi connectivity index (χ1n) is 6.33. The van der Waals surface area contributed by atoms with E-state index in [0.717, 1.165) is 0 Å². The van der Waals surface area contributed by atoms with Crippen molar-refractivity contribution in [1.29, 1.82) is 0 Å². The summed E-state index contributed by atoms with van der Waals surface area (Å²) in [6.07, 6.45) is 0. The van der Waals surface area contributed by atoms with Gasteiger partial charge in [-0.25, -0.2) is 12.8 Å². The van der Waals surface area contributed by atoms with Crippen LogP contribution in [0.15, 0.2) is 17.0 Å². The van der Waals surface area contributed by atoms with E-state index in [2.05, 4.69) is 5.32 Å². The summed E-state index contributed by atoms with van der Waals surface area (Å²) in [5, 5.41) is 3.16. The zero-order valence-corrected chi connectivity index (χ0v) is 13.4.